The minimum absolute atomic E-state index is 0.494. The number of rotatable bonds is 5. The molecule has 0 saturated heterocycles. The average Bonchev–Trinajstić information content (AvgIpc) is 2.79. The highest BCUT2D eigenvalue weighted by molar-refractivity contribution is 5.65. The van der Waals surface area contributed by atoms with Crippen LogP contribution in [0.5, 0.6) is 0 Å². The van der Waals surface area contributed by atoms with Crippen LogP contribution < -0.4 is 11.5 Å². The summed E-state index contributed by atoms with van der Waals surface area (Å²) in [4.78, 5) is 11.1. The third-order valence-corrected chi connectivity index (χ3v) is 3.11. The lowest BCUT2D eigenvalue weighted by atomic mass is 10.0. The standard InChI is InChI=1S/C14H18N4O2/c1-2-10-12(17-18-13(10)15)11(20-14(16)19)8-9-6-4-3-5-7-9/h3-7,11H,2,8H2,1H3,(H2,16,19)(H3,15,17,18). The number of ether oxygens (including phenoxy) is 1. The van der Waals surface area contributed by atoms with E-state index in [9.17, 15) is 4.79 Å². The second-order valence-corrected chi connectivity index (χ2v) is 4.47. The minimum atomic E-state index is -0.824. The maximum Gasteiger partial charge on any atom is 0.405 e. The molecule has 1 aromatic heterocycles. The number of primary amides is 1. The van der Waals surface area contributed by atoms with Gasteiger partial charge in [0.1, 0.15) is 11.5 Å². The molecule has 5 N–H and O–H groups in total. The van der Waals surface area contributed by atoms with Crippen LogP contribution >= 0.6 is 0 Å². The maximum absolute atomic E-state index is 11.1. The number of nitrogens with one attached hydrogen (secondary N) is 1. The number of anilines is 1. The van der Waals surface area contributed by atoms with E-state index < -0.39 is 12.2 Å². The molecule has 20 heavy (non-hydrogen) atoms. The Morgan fingerprint density at radius 3 is 2.70 bits per heavy atom. The quantitative estimate of drug-likeness (QED) is 0.774. The summed E-state index contributed by atoms with van der Waals surface area (Å²) in [5, 5.41) is 6.88. The van der Waals surface area contributed by atoms with Crippen molar-refractivity contribution in [2.45, 2.75) is 25.9 Å². The van der Waals surface area contributed by atoms with Gasteiger partial charge in [-0.1, -0.05) is 37.3 Å². The monoisotopic (exact) mass is 274 g/mol. The first-order chi connectivity index (χ1) is 9.61. The van der Waals surface area contributed by atoms with Gasteiger partial charge in [-0.05, 0) is 12.0 Å². The number of nitrogens with zero attached hydrogens (tertiary/aromatic N) is 1. The number of carbonyl (C=O) groups is 1. The summed E-state index contributed by atoms with van der Waals surface area (Å²) in [7, 11) is 0. The van der Waals surface area contributed by atoms with E-state index >= 15 is 0 Å². The van der Waals surface area contributed by atoms with E-state index in [1.165, 1.54) is 0 Å². The van der Waals surface area contributed by atoms with Crippen LogP contribution in [0, 0.1) is 0 Å². The van der Waals surface area contributed by atoms with Crippen molar-refractivity contribution in [1.82, 2.24) is 10.2 Å². The molecule has 1 atom stereocenters. The van der Waals surface area contributed by atoms with E-state index in [4.69, 9.17) is 16.2 Å². The van der Waals surface area contributed by atoms with Crippen LogP contribution in [0.4, 0.5) is 10.6 Å². The smallest absolute Gasteiger partial charge is 0.405 e. The Bertz CT molecular complexity index is 580. The lowest BCUT2D eigenvalue weighted by Gasteiger charge is -2.16. The number of hydrogen-bond donors (Lipinski definition) is 3. The predicted molar refractivity (Wildman–Crippen MR) is 75.9 cm³/mol. The number of H-pyrrole nitrogens is 1. The van der Waals surface area contributed by atoms with Gasteiger partial charge in [0.2, 0.25) is 0 Å². The number of aromatic nitrogens is 2. The van der Waals surface area contributed by atoms with Crippen molar-refractivity contribution < 1.29 is 9.53 Å². The molecule has 1 unspecified atom stereocenters. The van der Waals surface area contributed by atoms with Crippen LogP contribution in [-0.2, 0) is 17.6 Å². The van der Waals surface area contributed by atoms with Crippen LogP contribution in [-0.4, -0.2) is 16.3 Å². The van der Waals surface area contributed by atoms with Gasteiger partial charge in [0, 0.05) is 12.0 Å². The molecule has 1 aromatic carbocycles. The molecular weight excluding hydrogens is 256 g/mol. The molecule has 0 aliphatic heterocycles. The van der Waals surface area contributed by atoms with Gasteiger partial charge in [0.05, 0.1) is 0 Å². The first kappa shape index (κ1) is 13.9. The number of carbonyl (C=O) groups excluding carboxylic acids is 1. The van der Waals surface area contributed by atoms with Crippen LogP contribution in [0.1, 0.15) is 29.8 Å². The number of nitrogens with two attached hydrogens (primary N) is 2. The van der Waals surface area contributed by atoms with Gasteiger partial charge in [-0.2, -0.15) is 5.10 Å². The van der Waals surface area contributed by atoms with Crippen molar-refractivity contribution in [1.29, 1.82) is 0 Å². The highest BCUT2D eigenvalue weighted by atomic mass is 16.6. The van der Waals surface area contributed by atoms with Crippen molar-refractivity contribution >= 4 is 11.9 Å². The molecule has 0 spiro atoms. The summed E-state index contributed by atoms with van der Waals surface area (Å²) in [6.45, 7) is 1.97. The second-order valence-electron chi connectivity index (χ2n) is 4.47. The lowest BCUT2D eigenvalue weighted by Crippen LogP contribution is -2.20. The van der Waals surface area contributed by atoms with E-state index in [0.29, 0.717) is 24.4 Å². The summed E-state index contributed by atoms with van der Waals surface area (Å²) >= 11 is 0. The number of hydrogen-bond acceptors (Lipinski definition) is 4. The molecule has 2 rings (SSSR count). The first-order valence-corrected chi connectivity index (χ1v) is 6.44. The molecule has 0 aliphatic carbocycles. The van der Waals surface area contributed by atoms with Crippen LogP contribution in [0.25, 0.3) is 0 Å². The van der Waals surface area contributed by atoms with E-state index in [1.54, 1.807) is 0 Å². The Labute approximate surface area is 117 Å². The molecule has 0 saturated carbocycles. The van der Waals surface area contributed by atoms with Crippen LogP contribution in [0.15, 0.2) is 30.3 Å². The zero-order chi connectivity index (χ0) is 14.5. The van der Waals surface area contributed by atoms with E-state index in [1.807, 2.05) is 37.3 Å². The number of nitrogen functional groups attached to an aromatic ring is 1. The average molecular weight is 274 g/mol. The first-order valence-electron chi connectivity index (χ1n) is 6.44. The third-order valence-electron chi connectivity index (χ3n) is 3.11. The van der Waals surface area contributed by atoms with Gasteiger partial charge in [0.25, 0.3) is 0 Å². The molecule has 2 aromatic rings. The largest absolute Gasteiger partial charge is 0.439 e. The number of benzene rings is 1. The van der Waals surface area contributed by atoms with Gasteiger partial charge in [-0.25, -0.2) is 4.79 Å². The van der Waals surface area contributed by atoms with Gasteiger partial charge < -0.3 is 16.2 Å². The lowest BCUT2D eigenvalue weighted by molar-refractivity contribution is 0.104. The fraction of sp³-hybridized carbons (Fsp3) is 0.286. The summed E-state index contributed by atoms with van der Waals surface area (Å²) in [5.74, 6) is 0.494. The van der Waals surface area contributed by atoms with Gasteiger partial charge in [0.15, 0.2) is 6.10 Å². The van der Waals surface area contributed by atoms with E-state index in [-0.39, 0.29) is 0 Å². The molecule has 0 fully saturated rings. The fourth-order valence-electron chi connectivity index (χ4n) is 2.19. The molecule has 106 valence electrons. The van der Waals surface area contributed by atoms with Gasteiger partial charge in [-0.15, -0.1) is 0 Å². The Kier molecular flexibility index (Phi) is 4.24. The Hall–Kier alpha value is -2.50. The van der Waals surface area contributed by atoms with Crippen molar-refractivity contribution in [2.24, 2.45) is 5.73 Å². The highest BCUT2D eigenvalue weighted by Gasteiger charge is 2.23. The number of aromatic amines is 1. The van der Waals surface area contributed by atoms with E-state index in [2.05, 4.69) is 10.2 Å². The molecular formula is C14H18N4O2. The van der Waals surface area contributed by atoms with Crippen molar-refractivity contribution in [3.63, 3.8) is 0 Å². The summed E-state index contributed by atoms with van der Waals surface area (Å²) < 4.78 is 5.20. The molecule has 6 heteroatoms. The zero-order valence-electron chi connectivity index (χ0n) is 11.3. The molecule has 1 heterocycles. The Balaban J connectivity index is 2.29. The molecule has 6 nitrogen and oxygen atoms in total. The van der Waals surface area contributed by atoms with Gasteiger partial charge in [-0.3, -0.25) is 5.10 Å². The number of amides is 1. The fourth-order valence-corrected chi connectivity index (χ4v) is 2.19. The van der Waals surface area contributed by atoms with Crippen LogP contribution in [0.3, 0.4) is 0 Å². The van der Waals surface area contributed by atoms with Crippen molar-refractivity contribution in [3.8, 4) is 0 Å². The molecule has 0 aliphatic rings. The second kappa shape index (κ2) is 6.10. The topological polar surface area (TPSA) is 107 Å². The molecule has 0 radical (unpaired) electrons. The SMILES string of the molecule is CCc1c(C(Cc2ccccc2)OC(N)=O)n[nH]c1N. The normalized spacial score (nSPS) is 12.1. The third kappa shape index (κ3) is 3.09. The van der Waals surface area contributed by atoms with E-state index in [0.717, 1.165) is 11.1 Å². The Morgan fingerprint density at radius 1 is 1.40 bits per heavy atom. The Morgan fingerprint density at radius 2 is 2.10 bits per heavy atom. The maximum atomic E-state index is 11.1. The summed E-state index contributed by atoms with van der Waals surface area (Å²) in [6.07, 6.45) is -0.167. The van der Waals surface area contributed by atoms with Crippen molar-refractivity contribution in [2.75, 3.05) is 5.73 Å². The molecule has 0 bridgehead atoms. The van der Waals surface area contributed by atoms with Crippen LogP contribution in [0.2, 0.25) is 0 Å². The van der Waals surface area contributed by atoms with Gasteiger partial charge >= 0.3 is 6.09 Å². The zero-order valence-corrected chi connectivity index (χ0v) is 11.3. The summed E-state index contributed by atoms with van der Waals surface area (Å²) in [5.41, 5.74) is 13.5. The van der Waals surface area contributed by atoms with Crippen molar-refractivity contribution in [3.05, 3.63) is 47.2 Å². The summed E-state index contributed by atoms with van der Waals surface area (Å²) in [6, 6.07) is 9.70. The highest BCUT2D eigenvalue weighted by Crippen LogP contribution is 2.27. The minimum Gasteiger partial charge on any atom is -0.439 e. The molecule has 1 amide bonds. The predicted octanol–water partition coefficient (Wildman–Crippen LogP) is 1.93.